The number of hydrazone groups is 1. The monoisotopic (exact) mass is 509 g/mol. The Kier molecular flexibility index (Phi) is 7.93. The van der Waals surface area contributed by atoms with E-state index in [9.17, 15) is 14.4 Å². The summed E-state index contributed by atoms with van der Waals surface area (Å²) in [4.78, 5) is 36.8. The highest BCUT2D eigenvalue weighted by atomic mass is 79.9. The Hall–Kier alpha value is -3.98. The summed E-state index contributed by atoms with van der Waals surface area (Å²) >= 11 is 3.35. The van der Waals surface area contributed by atoms with Gasteiger partial charge in [-0.15, -0.1) is 0 Å². The Morgan fingerprint density at radius 1 is 0.939 bits per heavy atom. The topological polar surface area (TPSA) is 106 Å². The third kappa shape index (κ3) is 6.27. The number of para-hydroxylation sites is 2. The molecule has 33 heavy (non-hydrogen) atoms. The van der Waals surface area contributed by atoms with Gasteiger partial charge in [-0.2, -0.15) is 5.10 Å². The molecule has 0 unspecified atom stereocenters. The van der Waals surface area contributed by atoms with E-state index in [0.717, 1.165) is 5.56 Å². The molecule has 0 aromatic heterocycles. The summed E-state index contributed by atoms with van der Waals surface area (Å²) < 4.78 is 11.4. The lowest BCUT2D eigenvalue weighted by molar-refractivity contribution is -0.136. The van der Waals surface area contributed by atoms with Gasteiger partial charge in [0.05, 0.1) is 24.6 Å². The summed E-state index contributed by atoms with van der Waals surface area (Å²) in [5, 5.41) is 6.27. The van der Waals surface area contributed by atoms with Crippen LogP contribution >= 0.6 is 15.9 Å². The summed E-state index contributed by atoms with van der Waals surface area (Å²) in [7, 11) is 1.46. The van der Waals surface area contributed by atoms with Gasteiger partial charge in [-0.25, -0.2) is 10.2 Å². The van der Waals surface area contributed by atoms with Gasteiger partial charge in [0.2, 0.25) is 0 Å². The molecule has 0 aliphatic carbocycles. The van der Waals surface area contributed by atoms with E-state index >= 15 is 0 Å². The first-order valence-corrected chi connectivity index (χ1v) is 10.5. The van der Waals surface area contributed by atoms with Crippen molar-refractivity contribution < 1.29 is 23.9 Å². The van der Waals surface area contributed by atoms with Crippen LogP contribution in [0.25, 0.3) is 0 Å². The molecule has 2 N–H and O–H groups in total. The van der Waals surface area contributed by atoms with Crippen LogP contribution in [0.4, 0.5) is 5.69 Å². The number of nitrogens with zero attached hydrogens (tertiary/aromatic N) is 1. The molecule has 3 rings (SSSR count). The van der Waals surface area contributed by atoms with Crippen molar-refractivity contribution in [3.05, 3.63) is 87.9 Å². The lowest BCUT2D eigenvalue weighted by Crippen LogP contribution is -2.32. The fraction of sp³-hybridized carbons (Fsp3) is 0.0833. The zero-order chi connectivity index (χ0) is 23.8. The normalized spacial score (nSPS) is 10.5. The van der Waals surface area contributed by atoms with Crippen LogP contribution in [0.15, 0.2) is 76.3 Å². The van der Waals surface area contributed by atoms with Gasteiger partial charge >= 0.3 is 17.8 Å². The number of aryl methyl sites for hydroxylation is 1. The van der Waals surface area contributed by atoms with Crippen molar-refractivity contribution in [1.29, 1.82) is 0 Å². The molecule has 0 spiro atoms. The molecule has 0 atom stereocenters. The predicted molar refractivity (Wildman–Crippen MR) is 128 cm³/mol. The number of methoxy groups -OCH3 is 1. The number of ether oxygens (including phenoxy) is 2. The molecular formula is C24H20BrN3O5. The number of hydrogen-bond donors (Lipinski definition) is 2. The molecule has 168 valence electrons. The van der Waals surface area contributed by atoms with E-state index in [1.54, 1.807) is 54.6 Å². The fourth-order valence-electron chi connectivity index (χ4n) is 2.81. The number of esters is 1. The lowest BCUT2D eigenvalue weighted by Gasteiger charge is -2.10. The minimum absolute atomic E-state index is 0.239. The number of benzene rings is 3. The standard InChI is InChI=1S/C24H20BrN3O5/c1-15-7-3-4-8-18(15)24(31)33-20-12-11-17(25)13-16(20)14-26-28-23(30)22(29)27-19-9-5-6-10-21(19)32-2/h3-14H,1-2H3,(H,27,29)(H,28,30)/b26-14-. The smallest absolute Gasteiger partial charge is 0.343 e. The molecule has 0 aliphatic heterocycles. The molecule has 0 radical (unpaired) electrons. The second kappa shape index (κ2) is 11.1. The molecule has 0 saturated heterocycles. The van der Waals surface area contributed by atoms with E-state index in [-0.39, 0.29) is 5.75 Å². The lowest BCUT2D eigenvalue weighted by atomic mass is 10.1. The van der Waals surface area contributed by atoms with Crippen LogP contribution in [0.3, 0.4) is 0 Å². The number of anilines is 1. The molecule has 0 fully saturated rings. The molecule has 2 amide bonds. The van der Waals surface area contributed by atoms with E-state index in [2.05, 4.69) is 31.8 Å². The van der Waals surface area contributed by atoms with Gasteiger partial charge < -0.3 is 14.8 Å². The average Bonchev–Trinajstić information content (AvgIpc) is 2.81. The number of hydrogen-bond acceptors (Lipinski definition) is 6. The number of halogens is 1. The summed E-state index contributed by atoms with van der Waals surface area (Å²) in [5.41, 5.74) is 4.13. The first-order chi connectivity index (χ1) is 15.9. The molecule has 8 nitrogen and oxygen atoms in total. The SMILES string of the molecule is COc1ccccc1NC(=O)C(=O)N/N=C\c1cc(Br)ccc1OC(=O)c1ccccc1C. The second-order valence-corrected chi connectivity index (χ2v) is 7.66. The summed E-state index contributed by atoms with van der Waals surface area (Å²) in [6.07, 6.45) is 1.28. The molecular weight excluding hydrogens is 490 g/mol. The second-order valence-electron chi connectivity index (χ2n) is 6.74. The number of carbonyl (C=O) groups is 3. The molecule has 0 bridgehead atoms. The van der Waals surface area contributed by atoms with E-state index in [4.69, 9.17) is 9.47 Å². The summed E-state index contributed by atoms with van der Waals surface area (Å²) in [5.74, 6) is -1.77. The third-order valence-electron chi connectivity index (χ3n) is 4.47. The summed E-state index contributed by atoms with van der Waals surface area (Å²) in [6, 6.07) is 18.7. The predicted octanol–water partition coefficient (Wildman–Crippen LogP) is 4.07. The van der Waals surface area contributed by atoms with Crippen LogP contribution in [0.1, 0.15) is 21.5 Å². The van der Waals surface area contributed by atoms with Crippen LogP contribution in [-0.4, -0.2) is 31.1 Å². The van der Waals surface area contributed by atoms with Gasteiger partial charge in [0.25, 0.3) is 0 Å². The van der Waals surface area contributed by atoms with Crippen molar-refractivity contribution >= 4 is 45.6 Å². The van der Waals surface area contributed by atoms with Gasteiger partial charge in [0, 0.05) is 10.0 Å². The van der Waals surface area contributed by atoms with Crippen molar-refractivity contribution in [1.82, 2.24) is 5.43 Å². The van der Waals surface area contributed by atoms with Crippen LogP contribution in [0, 0.1) is 6.92 Å². The Balaban J connectivity index is 1.68. The highest BCUT2D eigenvalue weighted by Crippen LogP contribution is 2.24. The van der Waals surface area contributed by atoms with Crippen LogP contribution < -0.4 is 20.2 Å². The Morgan fingerprint density at radius 3 is 2.42 bits per heavy atom. The van der Waals surface area contributed by atoms with E-state index in [0.29, 0.717) is 27.0 Å². The van der Waals surface area contributed by atoms with E-state index in [1.165, 1.54) is 13.3 Å². The van der Waals surface area contributed by atoms with Gasteiger partial charge in [-0.3, -0.25) is 9.59 Å². The summed E-state index contributed by atoms with van der Waals surface area (Å²) in [6.45, 7) is 1.81. The van der Waals surface area contributed by atoms with Crippen molar-refractivity contribution in [2.75, 3.05) is 12.4 Å². The number of rotatable bonds is 6. The van der Waals surface area contributed by atoms with Gasteiger partial charge in [-0.05, 0) is 48.9 Å². The van der Waals surface area contributed by atoms with Gasteiger partial charge in [-0.1, -0.05) is 46.3 Å². The van der Waals surface area contributed by atoms with Gasteiger partial charge in [0.1, 0.15) is 11.5 Å². The maximum absolute atomic E-state index is 12.6. The zero-order valence-electron chi connectivity index (χ0n) is 17.8. The van der Waals surface area contributed by atoms with Gasteiger partial charge in [0.15, 0.2) is 0 Å². The molecule has 0 heterocycles. The highest BCUT2D eigenvalue weighted by Gasteiger charge is 2.16. The molecule has 0 saturated carbocycles. The minimum Gasteiger partial charge on any atom is -0.495 e. The van der Waals surface area contributed by atoms with Crippen LogP contribution in [0.5, 0.6) is 11.5 Å². The number of carbonyl (C=O) groups excluding carboxylic acids is 3. The quantitative estimate of drug-likeness (QED) is 0.171. The fourth-order valence-corrected chi connectivity index (χ4v) is 3.19. The van der Waals surface area contributed by atoms with Crippen molar-refractivity contribution in [3.63, 3.8) is 0 Å². The Bertz CT molecular complexity index is 1230. The molecule has 9 heteroatoms. The Morgan fingerprint density at radius 2 is 1.67 bits per heavy atom. The van der Waals surface area contributed by atoms with E-state index in [1.807, 2.05) is 19.1 Å². The maximum atomic E-state index is 12.6. The highest BCUT2D eigenvalue weighted by molar-refractivity contribution is 9.10. The molecule has 3 aromatic carbocycles. The van der Waals surface area contributed by atoms with Crippen LogP contribution in [0.2, 0.25) is 0 Å². The Labute approximate surface area is 198 Å². The molecule has 0 aliphatic rings. The van der Waals surface area contributed by atoms with E-state index < -0.39 is 17.8 Å². The van der Waals surface area contributed by atoms with Crippen molar-refractivity contribution in [2.24, 2.45) is 5.10 Å². The number of nitrogens with one attached hydrogen (secondary N) is 2. The maximum Gasteiger partial charge on any atom is 0.343 e. The van der Waals surface area contributed by atoms with Crippen LogP contribution in [-0.2, 0) is 9.59 Å². The first kappa shape index (κ1) is 23.7. The third-order valence-corrected chi connectivity index (χ3v) is 4.96. The minimum atomic E-state index is -0.981. The molecule has 3 aromatic rings. The first-order valence-electron chi connectivity index (χ1n) is 9.74. The average molecular weight is 510 g/mol. The zero-order valence-corrected chi connectivity index (χ0v) is 19.4. The largest absolute Gasteiger partial charge is 0.495 e. The van der Waals surface area contributed by atoms with Crippen molar-refractivity contribution in [3.8, 4) is 11.5 Å². The van der Waals surface area contributed by atoms with Crippen molar-refractivity contribution in [2.45, 2.75) is 6.92 Å². The number of amides is 2.